The molecule has 1 amide bonds. The number of amides is 1. The van der Waals surface area contributed by atoms with Gasteiger partial charge in [0.25, 0.3) is 5.91 Å². The van der Waals surface area contributed by atoms with Crippen LogP contribution in [0.25, 0.3) is 6.08 Å². The van der Waals surface area contributed by atoms with Crippen LogP contribution in [0.4, 0.5) is 11.4 Å². The molecule has 1 saturated heterocycles. The highest BCUT2D eigenvalue weighted by Gasteiger charge is 2.33. The van der Waals surface area contributed by atoms with Gasteiger partial charge in [-0.2, -0.15) is 0 Å². The Kier molecular flexibility index (Phi) is 7.48. The van der Waals surface area contributed by atoms with Gasteiger partial charge in [0.2, 0.25) is 0 Å². The minimum atomic E-state index is -0.982. The predicted octanol–water partition coefficient (Wildman–Crippen LogP) is 5.81. The fourth-order valence-corrected chi connectivity index (χ4v) is 4.37. The number of carbonyl (C=O) groups excluding carboxylic acids is 1. The Balaban J connectivity index is 1.57. The van der Waals surface area contributed by atoms with Crippen LogP contribution in [0.5, 0.6) is 0 Å². The van der Waals surface area contributed by atoms with Gasteiger partial charge in [0.1, 0.15) is 0 Å². The number of para-hydroxylation sites is 1. The smallest absolute Gasteiger partial charge is 0.335 e. The molecule has 1 heterocycles. The van der Waals surface area contributed by atoms with Crippen LogP contribution in [-0.2, 0) is 11.3 Å². The molecule has 1 N–H and O–H groups in total. The first-order valence-corrected chi connectivity index (χ1v) is 11.8. The summed E-state index contributed by atoms with van der Waals surface area (Å²) in [5.41, 5.74) is 3.94. The zero-order valence-corrected chi connectivity index (χ0v) is 20.3. The average molecular weight is 484 g/mol. The monoisotopic (exact) mass is 483 g/mol. The number of hydrogen-bond acceptors (Lipinski definition) is 5. The van der Waals surface area contributed by atoms with E-state index < -0.39 is 5.97 Å². The number of carboxylic acid groups (broad SMARTS) is 1. The highest BCUT2D eigenvalue weighted by atomic mass is 32.2. The average Bonchev–Trinajstić information content (AvgIpc) is 3.14. The Morgan fingerprint density at radius 2 is 1.69 bits per heavy atom. The van der Waals surface area contributed by atoms with E-state index in [0.717, 1.165) is 22.5 Å². The van der Waals surface area contributed by atoms with Crippen molar-refractivity contribution >= 4 is 46.3 Å². The number of anilines is 1. The van der Waals surface area contributed by atoms with E-state index in [-0.39, 0.29) is 11.5 Å². The van der Waals surface area contributed by atoms with Crippen molar-refractivity contribution in [1.82, 2.24) is 4.90 Å². The Hall–Kier alpha value is -4.10. The molecule has 35 heavy (non-hydrogen) atoms. The second kappa shape index (κ2) is 10.9. The number of aliphatic imine (C=N–C) groups is 1. The van der Waals surface area contributed by atoms with Crippen LogP contribution in [0.15, 0.2) is 101 Å². The first-order chi connectivity index (χ1) is 16.9. The molecule has 0 atom stereocenters. The third-order valence-corrected chi connectivity index (χ3v) is 6.38. The summed E-state index contributed by atoms with van der Waals surface area (Å²) < 4.78 is 0. The van der Waals surface area contributed by atoms with Crippen LogP contribution >= 0.6 is 11.8 Å². The Morgan fingerprint density at radius 3 is 2.31 bits per heavy atom. The standard InChI is InChI=1S/C28H25N3O3S/c1-30(2)24-17-13-20(14-18-24)7-6-10-25-26(32)31(19-21-11-15-22(16-12-21)27(33)34)28(35-25)29-23-8-4-3-5-9-23/h3-18H,19H2,1-2H3,(H,33,34). The van der Waals surface area contributed by atoms with E-state index in [4.69, 9.17) is 10.1 Å². The van der Waals surface area contributed by atoms with E-state index in [2.05, 4.69) is 0 Å². The largest absolute Gasteiger partial charge is 0.478 e. The third kappa shape index (κ3) is 6.07. The molecular formula is C28H25N3O3S. The fraction of sp³-hybridized carbons (Fsp3) is 0.107. The summed E-state index contributed by atoms with van der Waals surface area (Å²) in [6.07, 6.45) is 5.64. The second-order valence-corrected chi connectivity index (χ2v) is 9.11. The normalized spacial score (nSPS) is 15.9. The number of carbonyl (C=O) groups is 2. The lowest BCUT2D eigenvalue weighted by Gasteiger charge is -2.16. The van der Waals surface area contributed by atoms with Gasteiger partial charge in [-0.05, 0) is 65.4 Å². The van der Waals surface area contributed by atoms with Crippen LogP contribution in [-0.4, -0.2) is 41.1 Å². The van der Waals surface area contributed by atoms with E-state index in [1.807, 2.05) is 85.7 Å². The van der Waals surface area contributed by atoms with Gasteiger partial charge in [-0.25, -0.2) is 9.79 Å². The summed E-state index contributed by atoms with van der Waals surface area (Å²) in [6.45, 7) is 0.296. The maximum atomic E-state index is 13.3. The highest BCUT2D eigenvalue weighted by molar-refractivity contribution is 8.18. The van der Waals surface area contributed by atoms with Gasteiger partial charge in [0.15, 0.2) is 5.17 Å². The molecule has 0 unspecified atom stereocenters. The Morgan fingerprint density at radius 1 is 1.00 bits per heavy atom. The van der Waals surface area contributed by atoms with Crippen LogP contribution in [0.2, 0.25) is 0 Å². The van der Waals surface area contributed by atoms with Gasteiger partial charge >= 0.3 is 5.97 Å². The molecule has 4 rings (SSSR count). The first-order valence-electron chi connectivity index (χ1n) is 11.0. The predicted molar refractivity (Wildman–Crippen MR) is 143 cm³/mol. The molecule has 3 aromatic rings. The zero-order chi connectivity index (χ0) is 24.8. The number of amidine groups is 1. The van der Waals surface area contributed by atoms with Crippen molar-refractivity contribution in [2.75, 3.05) is 19.0 Å². The molecule has 0 radical (unpaired) electrons. The van der Waals surface area contributed by atoms with Crippen LogP contribution < -0.4 is 4.90 Å². The van der Waals surface area contributed by atoms with Gasteiger partial charge in [-0.1, -0.05) is 54.6 Å². The summed E-state index contributed by atoms with van der Waals surface area (Å²) in [5, 5.41) is 9.72. The summed E-state index contributed by atoms with van der Waals surface area (Å²) in [6, 6.07) is 24.2. The number of nitrogens with zero attached hydrogens (tertiary/aromatic N) is 3. The van der Waals surface area contributed by atoms with Crippen LogP contribution in [0.3, 0.4) is 0 Å². The molecule has 0 saturated carbocycles. The van der Waals surface area contributed by atoms with E-state index in [1.54, 1.807) is 35.2 Å². The number of carboxylic acids is 1. The van der Waals surface area contributed by atoms with E-state index in [0.29, 0.717) is 16.6 Å². The number of rotatable bonds is 7. The molecule has 1 aliphatic rings. The lowest BCUT2D eigenvalue weighted by atomic mass is 10.1. The lowest BCUT2D eigenvalue weighted by molar-refractivity contribution is -0.122. The molecule has 0 spiro atoms. The minimum Gasteiger partial charge on any atom is -0.478 e. The van der Waals surface area contributed by atoms with E-state index in [9.17, 15) is 9.59 Å². The molecule has 0 aromatic heterocycles. The van der Waals surface area contributed by atoms with E-state index >= 15 is 0 Å². The van der Waals surface area contributed by atoms with Crippen molar-refractivity contribution in [1.29, 1.82) is 0 Å². The number of aromatic carboxylic acids is 1. The van der Waals surface area contributed by atoms with Crippen molar-refractivity contribution in [2.45, 2.75) is 6.54 Å². The lowest BCUT2D eigenvalue weighted by Crippen LogP contribution is -2.28. The quantitative estimate of drug-likeness (QED) is 0.429. The van der Waals surface area contributed by atoms with Gasteiger partial charge in [0, 0.05) is 19.8 Å². The van der Waals surface area contributed by atoms with Crippen molar-refractivity contribution in [3.63, 3.8) is 0 Å². The Bertz CT molecular complexity index is 1300. The van der Waals surface area contributed by atoms with Gasteiger partial charge < -0.3 is 10.0 Å². The molecule has 1 fully saturated rings. The maximum Gasteiger partial charge on any atom is 0.335 e. The Labute approximate surface area is 208 Å². The zero-order valence-electron chi connectivity index (χ0n) is 19.5. The van der Waals surface area contributed by atoms with Crippen LogP contribution in [0, 0.1) is 0 Å². The van der Waals surface area contributed by atoms with E-state index in [1.165, 1.54) is 11.8 Å². The molecule has 176 valence electrons. The molecule has 6 nitrogen and oxygen atoms in total. The van der Waals surface area contributed by atoms with Gasteiger partial charge in [-0.3, -0.25) is 9.69 Å². The maximum absolute atomic E-state index is 13.3. The molecule has 1 aliphatic heterocycles. The molecule has 3 aromatic carbocycles. The second-order valence-electron chi connectivity index (χ2n) is 8.10. The molecule has 0 bridgehead atoms. The minimum absolute atomic E-state index is 0.139. The third-order valence-electron chi connectivity index (χ3n) is 5.36. The molecular weight excluding hydrogens is 458 g/mol. The fourth-order valence-electron chi connectivity index (χ4n) is 3.42. The molecule has 7 heteroatoms. The first kappa shape index (κ1) is 24.0. The number of allylic oxidation sites excluding steroid dienone is 2. The number of benzene rings is 3. The number of hydrogen-bond donors (Lipinski definition) is 1. The van der Waals surface area contributed by atoms with Gasteiger partial charge in [-0.15, -0.1) is 0 Å². The van der Waals surface area contributed by atoms with Gasteiger partial charge in [0.05, 0.1) is 22.7 Å². The molecule has 0 aliphatic carbocycles. The number of thioether (sulfide) groups is 1. The summed E-state index contributed by atoms with van der Waals surface area (Å²) in [4.78, 5) is 33.4. The van der Waals surface area contributed by atoms with Crippen molar-refractivity contribution in [3.05, 3.63) is 113 Å². The van der Waals surface area contributed by atoms with Crippen molar-refractivity contribution in [3.8, 4) is 0 Å². The van der Waals surface area contributed by atoms with Crippen molar-refractivity contribution in [2.24, 2.45) is 4.99 Å². The SMILES string of the molecule is CN(C)c1ccc(C=CC=C2SC(=Nc3ccccc3)N(Cc3ccc(C(=O)O)cc3)C2=O)cc1. The summed E-state index contributed by atoms with van der Waals surface area (Å²) >= 11 is 1.33. The van der Waals surface area contributed by atoms with Crippen molar-refractivity contribution < 1.29 is 14.7 Å². The topological polar surface area (TPSA) is 73.2 Å². The summed E-state index contributed by atoms with van der Waals surface area (Å²) in [5.74, 6) is -1.12. The summed E-state index contributed by atoms with van der Waals surface area (Å²) in [7, 11) is 4.00. The highest BCUT2D eigenvalue weighted by Crippen LogP contribution is 2.34. The van der Waals surface area contributed by atoms with Crippen LogP contribution in [0.1, 0.15) is 21.5 Å².